The minimum atomic E-state index is -1.37. The number of halogens is 1. The van der Waals surface area contributed by atoms with Crippen LogP contribution in [-0.2, 0) is 11.2 Å². The minimum Gasteiger partial charge on any atom is -0.489 e. The van der Waals surface area contributed by atoms with E-state index >= 15 is 0 Å². The van der Waals surface area contributed by atoms with Gasteiger partial charge >= 0.3 is 5.97 Å². The Kier molecular flexibility index (Phi) is 5.96. The average Bonchev–Trinajstić information content (AvgIpc) is 3.16. The molecule has 1 N–H and O–H groups in total. The van der Waals surface area contributed by atoms with E-state index in [4.69, 9.17) is 18.9 Å². The number of nitrogens with zero attached hydrogens (tertiary/aromatic N) is 1. The second kappa shape index (κ2) is 8.98. The van der Waals surface area contributed by atoms with Gasteiger partial charge in [-0.1, -0.05) is 18.2 Å². The molecule has 0 saturated heterocycles. The number of carbonyl (C=O) groups is 1. The molecule has 5 rings (SSSR count). The zero-order valence-electron chi connectivity index (χ0n) is 20.2. The molecular formula is C27H26FNO7. The van der Waals surface area contributed by atoms with Crippen LogP contribution in [0.1, 0.15) is 48.0 Å². The number of carboxylic acid groups (broad SMARTS) is 1. The molecule has 1 atom stereocenters. The number of carboxylic acids is 1. The molecule has 36 heavy (non-hydrogen) atoms. The van der Waals surface area contributed by atoms with Crippen LogP contribution < -0.4 is 19.6 Å². The lowest BCUT2D eigenvalue weighted by molar-refractivity contribution is 0.0693. The van der Waals surface area contributed by atoms with Crippen molar-refractivity contribution in [3.8, 4) is 28.5 Å². The highest BCUT2D eigenvalue weighted by molar-refractivity contribution is 5.88. The summed E-state index contributed by atoms with van der Waals surface area (Å²) in [5.41, 5.74) is 0.367. The number of fused-ring (bicyclic) bond motifs is 5. The Bertz CT molecular complexity index is 1410. The Hall–Kier alpha value is -3.85. The van der Waals surface area contributed by atoms with Gasteiger partial charge in [-0.3, -0.25) is 4.79 Å². The zero-order valence-corrected chi connectivity index (χ0v) is 20.2. The van der Waals surface area contributed by atoms with Crippen LogP contribution in [0.25, 0.3) is 11.3 Å². The standard InChI is InChI=1S/C27H26FNO7/c1-27(2)13-16-23-19-11-20(30)17(26(31)32)14-29(19)25(15-7-4-5-8-18(15)28)35-21(23)12-22(24(16)36-27)34-10-6-9-33-3/h4-5,7-8,11-12,14,25H,6,9-10,13H2,1-3H3,(H,31,32). The van der Waals surface area contributed by atoms with Crippen LogP contribution in [0.5, 0.6) is 17.2 Å². The Morgan fingerprint density at radius 1 is 1.25 bits per heavy atom. The summed E-state index contributed by atoms with van der Waals surface area (Å²) in [6, 6.07) is 9.05. The van der Waals surface area contributed by atoms with Crippen molar-refractivity contribution in [1.82, 2.24) is 4.57 Å². The maximum Gasteiger partial charge on any atom is 0.341 e. The number of aromatic nitrogens is 1. The SMILES string of the molecule is COCCCOc1cc2c(c3c1OC(C)(C)C3)-c1cc(=O)c(C(=O)O)cn1C(c1ccccc1F)O2. The average molecular weight is 496 g/mol. The molecule has 0 radical (unpaired) electrons. The molecule has 3 heterocycles. The van der Waals surface area contributed by atoms with Crippen LogP contribution in [-0.4, -0.2) is 41.6 Å². The first-order valence-electron chi connectivity index (χ1n) is 11.6. The van der Waals surface area contributed by atoms with Crippen LogP contribution in [0, 0.1) is 5.82 Å². The van der Waals surface area contributed by atoms with Crippen LogP contribution in [0.15, 0.2) is 47.4 Å². The van der Waals surface area contributed by atoms with Crippen LogP contribution in [0.4, 0.5) is 4.39 Å². The van der Waals surface area contributed by atoms with Crippen LogP contribution in [0.3, 0.4) is 0 Å². The third-order valence-electron chi connectivity index (χ3n) is 6.27. The van der Waals surface area contributed by atoms with Crippen LogP contribution >= 0.6 is 0 Å². The third kappa shape index (κ3) is 4.09. The van der Waals surface area contributed by atoms with Gasteiger partial charge in [0.1, 0.15) is 22.7 Å². The topological polar surface area (TPSA) is 96.2 Å². The molecule has 8 nitrogen and oxygen atoms in total. The van der Waals surface area contributed by atoms with E-state index in [1.807, 2.05) is 13.8 Å². The summed E-state index contributed by atoms with van der Waals surface area (Å²) >= 11 is 0. The molecule has 3 aromatic rings. The first kappa shape index (κ1) is 23.9. The normalized spacial score (nSPS) is 16.8. The monoisotopic (exact) mass is 495 g/mol. The summed E-state index contributed by atoms with van der Waals surface area (Å²) in [7, 11) is 1.62. The van der Waals surface area contributed by atoms with E-state index < -0.39 is 34.6 Å². The van der Waals surface area contributed by atoms with Crippen molar-refractivity contribution in [3.05, 3.63) is 75.3 Å². The second-order valence-corrected chi connectivity index (χ2v) is 9.43. The molecule has 1 unspecified atom stereocenters. The van der Waals surface area contributed by atoms with Gasteiger partial charge in [-0.2, -0.15) is 0 Å². The first-order chi connectivity index (χ1) is 17.2. The zero-order chi connectivity index (χ0) is 25.6. The largest absolute Gasteiger partial charge is 0.489 e. The molecule has 0 amide bonds. The summed E-state index contributed by atoms with van der Waals surface area (Å²) in [6.07, 6.45) is 1.34. The fourth-order valence-corrected chi connectivity index (χ4v) is 4.72. The summed E-state index contributed by atoms with van der Waals surface area (Å²) in [5.74, 6) is -0.467. The van der Waals surface area contributed by atoms with Crippen molar-refractivity contribution in [2.75, 3.05) is 20.3 Å². The molecule has 2 aliphatic rings. The summed E-state index contributed by atoms with van der Waals surface area (Å²) < 4.78 is 40.1. The maximum absolute atomic E-state index is 14.9. The molecule has 0 aliphatic carbocycles. The predicted octanol–water partition coefficient (Wildman–Crippen LogP) is 4.42. The highest BCUT2D eigenvalue weighted by atomic mass is 19.1. The lowest BCUT2D eigenvalue weighted by Crippen LogP contribution is -2.29. The number of hydrogen-bond acceptors (Lipinski definition) is 6. The molecule has 0 saturated carbocycles. The molecular weight excluding hydrogens is 469 g/mol. The molecule has 9 heteroatoms. The van der Waals surface area contributed by atoms with Gasteiger partial charge < -0.3 is 28.6 Å². The van der Waals surface area contributed by atoms with Gasteiger partial charge in [0.25, 0.3) is 0 Å². The van der Waals surface area contributed by atoms with Crippen molar-refractivity contribution in [2.45, 2.75) is 38.5 Å². The molecule has 188 valence electrons. The van der Waals surface area contributed by atoms with Gasteiger partial charge in [0, 0.05) is 61.6 Å². The molecule has 0 bridgehead atoms. The molecule has 0 fully saturated rings. The highest BCUT2D eigenvalue weighted by Gasteiger charge is 2.40. The van der Waals surface area contributed by atoms with Crippen molar-refractivity contribution in [1.29, 1.82) is 0 Å². The Morgan fingerprint density at radius 2 is 2.03 bits per heavy atom. The molecule has 0 spiro atoms. The lowest BCUT2D eigenvalue weighted by Gasteiger charge is -2.33. The van der Waals surface area contributed by atoms with Gasteiger partial charge in [-0.15, -0.1) is 0 Å². The van der Waals surface area contributed by atoms with Gasteiger partial charge in [0.05, 0.1) is 12.3 Å². The first-order valence-corrected chi connectivity index (χ1v) is 11.6. The van der Waals surface area contributed by atoms with Crippen molar-refractivity contribution in [3.63, 3.8) is 0 Å². The van der Waals surface area contributed by atoms with Crippen LogP contribution in [0.2, 0.25) is 0 Å². The fraction of sp³-hybridized carbons (Fsp3) is 0.333. The summed E-state index contributed by atoms with van der Waals surface area (Å²) in [4.78, 5) is 24.5. The summed E-state index contributed by atoms with van der Waals surface area (Å²) in [5, 5.41) is 9.58. The van der Waals surface area contributed by atoms with Gasteiger partial charge in [-0.25, -0.2) is 9.18 Å². The number of pyridine rings is 1. The smallest absolute Gasteiger partial charge is 0.341 e. The number of benzene rings is 2. The Morgan fingerprint density at radius 3 is 2.75 bits per heavy atom. The number of methoxy groups -OCH3 is 1. The second-order valence-electron chi connectivity index (χ2n) is 9.43. The van der Waals surface area contributed by atoms with E-state index in [2.05, 4.69) is 0 Å². The highest BCUT2D eigenvalue weighted by Crippen LogP contribution is 2.53. The lowest BCUT2D eigenvalue weighted by atomic mass is 9.93. The fourth-order valence-electron chi connectivity index (χ4n) is 4.72. The molecule has 1 aromatic heterocycles. The van der Waals surface area contributed by atoms with Crippen molar-refractivity contribution >= 4 is 5.97 Å². The van der Waals surface area contributed by atoms with Gasteiger partial charge in [0.15, 0.2) is 16.9 Å². The number of ether oxygens (including phenoxy) is 4. The van der Waals surface area contributed by atoms with Gasteiger partial charge in [-0.05, 0) is 19.9 Å². The predicted molar refractivity (Wildman–Crippen MR) is 129 cm³/mol. The van der Waals surface area contributed by atoms with E-state index in [1.165, 1.54) is 22.9 Å². The van der Waals surface area contributed by atoms with E-state index in [-0.39, 0.29) is 5.56 Å². The minimum absolute atomic E-state index is 0.198. The molecule has 2 aromatic carbocycles. The third-order valence-corrected chi connectivity index (χ3v) is 6.27. The van der Waals surface area contributed by atoms with Crippen molar-refractivity contribution < 1.29 is 33.2 Å². The maximum atomic E-state index is 14.9. The number of hydrogen-bond donors (Lipinski definition) is 1. The molecule has 2 aliphatic heterocycles. The van der Waals surface area contributed by atoms with E-state index in [0.29, 0.717) is 54.6 Å². The quantitative estimate of drug-likeness (QED) is 0.485. The number of aromatic carboxylic acids is 1. The van der Waals surface area contributed by atoms with Gasteiger partial charge in [0.2, 0.25) is 6.23 Å². The van der Waals surface area contributed by atoms with Crippen molar-refractivity contribution in [2.24, 2.45) is 0 Å². The summed E-state index contributed by atoms with van der Waals surface area (Å²) in [6.45, 7) is 4.81. The van der Waals surface area contributed by atoms with E-state index in [9.17, 15) is 19.1 Å². The van der Waals surface area contributed by atoms with E-state index in [0.717, 1.165) is 5.56 Å². The van der Waals surface area contributed by atoms with E-state index in [1.54, 1.807) is 31.4 Å². The Balaban J connectivity index is 1.73. The number of rotatable bonds is 7. The Labute approximate surface area is 206 Å².